The summed E-state index contributed by atoms with van der Waals surface area (Å²) in [5, 5.41) is 1.05. The van der Waals surface area contributed by atoms with Crippen molar-refractivity contribution >= 4 is 23.3 Å². The maximum absolute atomic E-state index is 10.8. The second kappa shape index (κ2) is 2.58. The Hall–Kier alpha value is -1.83. The number of para-hydroxylation sites is 1. The normalized spacial score (nSPS) is 18.7. The van der Waals surface area contributed by atoms with E-state index >= 15 is 0 Å². The molecule has 0 saturated carbocycles. The Labute approximate surface area is 80.8 Å². The van der Waals surface area contributed by atoms with Gasteiger partial charge in [-0.25, -0.2) is 0 Å². The number of aldehydes is 1. The Morgan fingerprint density at radius 2 is 2.14 bits per heavy atom. The Morgan fingerprint density at radius 3 is 3.00 bits per heavy atom. The van der Waals surface area contributed by atoms with E-state index in [1.807, 2.05) is 36.4 Å². The summed E-state index contributed by atoms with van der Waals surface area (Å²) in [5.74, 6) is 0.692. The summed E-state index contributed by atoms with van der Waals surface area (Å²) in [6.07, 6.45) is 4.69. The number of hydrogen-bond acceptors (Lipinski definition) is 2. The molecule has 2 heteroatoms. The van der Waals surface area contributed by atoms with E-state index in [-0.39, 0.29) is 5.92 Å². The van der Waals surface area contributed by atoms with Gasteiger partial charge in [0.15, 0.2) is 0 Å². The van der Waals surface area contributed by atoms with Gasteiger partial charge in [0, 0.05) is 10.9 Å². The van der Waals surface area contributed by atoms with E-state index in [0.29, 0.717) is 0 Å². The zero-order valence-electron chi connectivity index (χ0n) is 7.44. The highest BCUT2D eigenvalue weighted by molar-refractivity contribution is 5.92. The minimum Gasteiger partial charge on any atom is -0.456 e. The fraction of sp³-hybridized carbons (Fsp3) is 0.0833. The van der Waals surface area contributed by atoms with Crippen molar-refractivity contribution in [2.24, 2.45) is 0 Å². The molecule has 0 aliphatic heterocycles. The van der Waals surface area contributed by atoms with Gasteiger partial charge in [-0.3, -0.25) is 0 Å². The highest BCUT2D eigenvalue weighted by atomic mass is 16.3. The molecule has 1 unspecified atom stereocenters. The first kappa shape index (κ1) is 7.56. The molecule has 0 radical (unpaired) electrons. The van der Waals surface area contributed by atoms with Crippen molar-refractivity contribution in [3.05, 3.63) is 41.7 Å². The summed E-state index contributed by atoms with van der Waals surface area (Å²) in [5.41, 5.74) is 1.87. The number of benzene rings is 1. The zero-order valence-corrected chi connectivity index (χ0v) is 7.44. The molecule has 1 aromatic heterocycles. The topological polar surface area (TPSA) is 30.2 Å². The summed E-state index contributed by atoms with van der Waals surface area (Å²) in [6.45, 7) is 0. The van der Waals surface area contributed by atoms with Gasteiger partial charge in [-0.1, -0.05) is 24.3 Å². The third-order valence-electron chi connectivity index (χ3n) is 2.60. The molecule has 1 atom stereocenters. The van der Waals surface area contributed by atoms with Crippen molar-refractivity contribution in [2.75, 3.05) is 0 Å². The van der Waals surface area contributed by atoms with E-state index in [4.69, 9.17) is 4.42 Å². The van der Waals surface area contributed by atoms with Gasteiger partial charge >= 0.3 is 0 Å². The lowest BCUT2D eigenvalue weighted by Crippen LogP contribution is -1.91. The van der Waals surface area contributed by atoms with Gasteiger partial charge in [0.25, 0.3) is 0 Å². The maximum atomic E-state index is 10.8. The standard InChI is InChI=1S/C12H8O2/c13-7-8-5-6-11-12(8)9-3-1-2-4-10(9)14-11/h1-8H. The van der Waals surface area contributed by atoms with Crippen molar-refractivity contribution in [2.45, 2.75) is 5.92 Å². The maximum Gasteiger partial charge on any atom is 0.135 e. The molecule has 0 amide bonds. The Balaban J connectivity index is 2.38. The number of carbonyl (C=O) groups excluding carboxylic acids is 1. The van der Waals surface area contributed by atoms with Crippen molar-refractivity contribution in [3.8, 4) is 0 Å². The van der Waals surface area contributed by atoms with Gasteiger partial charge in [0.1, 0.15) is 17.6 Å². The molecule has 1 heterocycles. The van der Waals surface area contributed by atoms with Gasteiger partial charge in [-0.15, -0.1) is 0 Å². The molecule has 68 valence electrons. The Morgan fingerprint density at radius 1 is 1.29 bits per heavy atom. The third kappa shape index (κ3) is 0.826. The average Bonchev–Trinajstić information content (AvgIpc) is 2.75. The minimum absolute atomic E-state index is 0.131. The second-order valence-corrected chi connectivity index (χ2v) is 3.40. The molecule has 1 aromatic carbocycles. The van der Waals surface area contributed by atoms with Crippen molar-refractivity contribution in [1.82, 2.24) is 0 Å². The molecular formula is C12H8O2. The number of rotatable bonds is 1. The SMILES string of the molecule is O=CC1C=Cc2oc3ccccc3c21. The van der Waals surface area contributed by atoms with Crippen LogP contribution in [0.15, 0.2) is 34.8 Å². The summed E-state index contributed by atoms with van der Waals surface area (Å²) >= 11 is 0. The molecule has 0 spiro atoms. The monoisotopic (exact) mass is 184 g/mol. The van der Waals surface area contributed by atoms with Crippen LogP contribution in [0.2, 0.25) is 0 Å². The summed E-state index contributed by atoms with van der Waals surface area (Å²) in [6, 6.07) is 7.80. The lowest BCUT2D eigenvalue weighted by atomic mass is 10.0. The lowest BCUT2D eigenvalue weighted by Gasteiger charge is -1.97. The molecule has 0 fully saturated rings. The summed E-state index contributed by atoms with van der Waals surface area (Å²) < 4.78 is 5.60. The summed E-state index contributed by atoms with van der Waals surface area (Å²) in [4.78, 5) is 10.8. The van der Waals surface area contributed by atoms with Gasteiger partial charge < -0.3 is 9.21 Å². The highest BCUT2D eigenvalue weighted by Crippen LogP contribution is 2.37. The zero-order chi connectivity index (χ0) is 9.54. The first-order valence-electron chi connectivity index (χ1n) is 4.55. The van der Waals surface area contributed by atoms with Crippen LogP contribution in [0.25, 0.3) is 17.0 Å². The van der Waals surface area contributed by atoms with Crippen molar-refractivity contribution < 1.29 is 9.21 Å². The predicted molar refractivity (Wildman–Crippen MR) is 54.1 cm³/mol. The molecule has 0 bridgehead atoms. The van der Waals surface area contributed by atoms with Crippen molar-refractivity contribution in [3.63, 3.8) is 0 Å². The second-order valence-electron chi connectivity index (χ2n) is 3.40. The third-order valence-corrected chi connectivity index (χ3v) is 2.60. The minimum atomic E-state index is -0.131. The predicted octanol–water partition coefficient (Wildman–Crippen LogP) is 2.74. The number of hydrogen-bond donors (Lipinski definition) is 0. The number of furan rings is 1. The highest BCUT2D eigenvalue weighted by Gasteiger charge is 2.23. The Bertz CT molecular complexity index is 534. The van der Waals surface area contributed by atoms with Crippen LogP contribution < -0.4 is 0 Å². The van der Waals surface area contributed by atoms with E-state index in [1.165, 1.54) is 0 Å². The molecule has 3 rings (SSSR count). The molecule has 0 N–H and O–H groups in total. The lowest BCUT2D eigenvalue weighted by molar-refractivity contribution is -0.108. The van der Waals surface area contributed by atoms with Gasteiger partial charge in [0.05, 0.1) is 5.92 Å². The van der Waals surface area contributed by atoms with Gasteiger partial charge in [-0.2, -0.15) is 0 Å². The largest absolute Gasteiger partial charge is 0.456 e. The van der Waals surface area contributed by atoms with Crippen LogP contribution in [0.1, 0.15) is 17.2 Å². The Kier molecular flexibility index (Phi) is 1.39. The van der Waals surface area contributed by atoms with E-state index in [2.05, 4.69) is 0 Å². The van der Waals surface area contributed by atoms with Crippen LogP contribution in [0, 0.1) is 0 Å². The molecule has 2 nitrogen and oxygen atoms in total. The number of fused-ring (bicyclic) bond motifs is 3. The van der Waals surface area contributed by atoms with Crippen LogP contribution in [-0.4, -0.2) is 6.29 Å². The average molecular weight is 184 g/mol. The van der Waals surface area contributed by atoms with Crippen LogP contribution in [0.3, 0.4) is 0 Å². The fourth-order valence-corrected chi connectivity index (χ4v) is 1.95. The molecule has 1 aliphatic rings. The molecule has 0 saturated heterocycles. The van der Waals surface area contributed by atoms with E-state index in [0.717, 1.165) is 28.6 Å². The van der Waals surface area contributed by atoms with Gasteiger partial charge in [0.2, 0.25) is 0 Å². The summed E-state index contributed by atoms with van der Waals surface area (Å²) in [7, 11) is 0. The van der Waals surface area contributed by atoms with Crippen LogP contribution >= 0.6 is 0 Å². The fourth-order valence-electron chi connectivity index (χ4n) is 1.95. The van der Waals surface area contributed by atoms with E-state index in [1.54, 1.807) is 0 Å². The van der Waals surface area contributed by atoms with E-state index in [9.17, 15) is 4.79 Å². The van der Waals surface area contributed by atoms with Crippen LogP contribution in [0.5, 0.6) is 0 Å². The van der Waals surface area contributed by atoms with Crippen molar-refractivity contribution in [1.29, 1.82) is 0 Å². The first-order chi connectivity index (χ1) is 6.90. The van der Waals surface area contributed by atoms with Gasteiger partial charge in [-0.05, 0) is 12.1 Å². The van der Waals surface area contributed by atoms with Crippen LogP contribution in [0.4, 0.5) is 0 Å². The molecule has 14 heavy (non-hydrogen) atoms. The number of carbonyl (C=O) groups is 1. The molecular weight excluding hydrogens is 176 g/mol. The molecule has 1 aliphatic carbocycles. The quantitative estimate of drug-likeness (QED) is 0.638. The molecule has 2 aromatic rings. The number of allylic oxidation sites excluding steroid dienone is 1. The smallest absolute Gasteiger partial charge is 0.135 e. The van der Waals surface area contributed by atoms with E-state index < -0.39 is 0 Å². The first-order valence-corrected chi connectivity index (χ1v) is 4.55. The van der Waals surface area contributed by atoms with Crippen LogP contribution in [-0.2, 0) is 4.79 Å².